The lowest BCUT2D eigenvalue weighted by Gasteiger charge is -2.49. The van der Waals surface area contributed by atoms with Gasteiger partial charge in [-0.3, -0.25) is 0 Å². The minimum atomic E-state index is -1.99. The average molecular weight is 607 g/mol. The second-order valence-corrected chi connectivity index (χ2v) is 11.1. The van der Waals surface area contributed by atoms with E-state index in [4.69, 9.17) is 28.1 Å². The number of hydrogen-bond donors (Lipinski definition) is 1. The van der Waals surface area contributed by atoms with Gasteiger partial charge in [0, 0.05) is 0 Å². The molecule has 1 aliphatic rings. The van der Waals surface area contributed by atoms with Crippen LogP contribution in [0.15, 0.2) is 144 Å². The summed E-state index contributed by atoms with van der Waals surface area (Å²) < 4.78 is 38.3. The highest BCUT2D eigenvalue weighted by molar-refractivity contribution is 5.18. The van der Waals surface area contributed by atoms with Gasteiger partial charge >= 0.3 is 0 Å². The zero-order chi connectivity index (χ0) is 30.7. The summed E-state index contributed by atoms with van der Waals surface area (Å²) in [6.45, 7) is 1.29. The van der Waals surface area contributed by atoms with Crippen LogP contribution in [-0.2, 0) is 55.9 Å². The van der Waals surface area contributed by atoms with E-state index >= 15 is 0 Å². The zero-order valence-corrected chi connectivity index (χ0v) is 25.0. The molecule has 0 spiro atoms. The van der Waals surface area contributed by atoms with Gasteiger partial charge in [-0.05, 0) is 34.4 Å². The summed E-state index contributed by atoms with van der Waals surface area (Å²) in [5.74, 6) is -1.78. The summed E-state index contributed by atoms with van der Waals surface area (Å²) in [4.78, 5) is 0. The minimum Gasteiger partial charge on any atom is -0.464 e. The molecule has 1 fully saturated rings. The molecule has 0 bridgehead atoms. The number of ether oxygens (including phenoxy) is 5. The van der Waals surface area contributed by atoms with E-state index in [-0.39, 0.29) is 25.6 Å². The fraction of sp³-hybridized carbons (Fsp3) is 0.263. The summed E-state index contributed by atoms with van der Waals surface area (Å²) in [6, 6.07) is 42.9. The molecular formula is C38H38O7. The summed E-state index contributed by atoms with van der Waals surface area (Å²) in [5, 5.41) is 12.4. The molecule has 0 radical (unpaired) electrons. The largest absolute Gasteiger partial charge is 0.464 e. The van der Waals surface area contributed by atoms with Crippen molar-refractivity contribution in [2.24, 2.45) is 0 Å². The first-order valence-corrected chi connectivity index (χ1v) is 15.2. The second kappa shape index (κ2) is 15.3. The normalized spacial score (nSPS) is 23.1. The van der Waals surface area contributed by atoms with Gasteiger partial charge in [0.2, 0.25) is 0 Å². The maximum Gasteiger partial charge on any atom is 0.256 e. The molecule has 0 saturated carbocycles. The van der Waals surface area contributed by atoms with Crippen LogP contribution in [0.1, 0.15) is 28.0 Å². The van der Waals surface area contributed by atoms with Crippen molar-refractivity contribution in [1.82, 2.24) is 0 Å². The quantitative estimate of drug-likeness (QED) is 0.149. The Balaban J connectivity index is 1.34. The third kappa shape index (κ3) is 7.96. The maximum atomic E-state index is 12.4. The van der Waals surface area contributed by atoms with Gasteiger partial charge in [0.15, 0.2) is 5.76 Å². The van der Waals surface area contributed by atoms with Gasteiger partial charge in [0.25, 0.3) is 5.79 Å². The van der Waals surface area contributed by atoms with Crippen molar-refractivity contribution in [3.8, 4) is 0 Å². The molecular weight excluding hydrogens is 568 g/mol. The Morgan fingerprint density at radius 3 is 1.49 bits per heavy atom. The Morgan fingerprint density at radius 2 is 1.00 bits per heavy atom. The molecule has 5 aromatic rings. The standard InChI is InChI=1S/C38H38O7/c39-38(34-22-13-23-41-34)37(44-27-32-20-11-4-12-21-32)36(43-26-31-18-9-3-10-19-31)35(42-25-30-16-7-2-8-17-30)33(45-38)28-40-24-29-14-5-1-6-15-29/h1-23,33,35-37,39H,24-28H2/t33-,35-,36+,37-,38+/m1/s1. The van der Waals surface area contributed by atoms with E-state index in [0.717, 1.165) is 22.3 Å². The van der Waals surface area contributed by atoms with Gasteiger partial charge in [-0.25, -0.2) is 0 Å². The van der Waals surface area contributed by atoms with Crippen molar-refractivity contribution in [1.29, 1.82) is 0 Å². The molecule has 6 rings (SSSR count). The van der Waals surface area contributed by atoms with E-state index in [1.54, 1.807) is 12.1 Å². The lowest BCUT2D eigenvalue weighted by atomic mass is 9.90. The molecule has 0 unspecified atom stereocenters. The molecule has 232 valence electrons. The molecule has 0 amide bonds. The van der Waals surface area contributed by atoms with Crippen molar-refractivity contribution in [3.05, 3.63) is 168 Å². The Labute approximate surface area is 263 Å². The predicted octanol–water partition coefficient (Wildman–Crippen LogP) is 6.80. The second-order valence-electron chi connectivity index (χ2n) is 11.1. The molecule has 1 saturated heterocycles. The predicted molar refractivity (Wildman–Crippen MR) is 169 cm³/mol. The van der Waals surface area contributed by atoms with Crippen LogP contribution in [0.5, 0.6) is 0 Å². The molecule has 0 aliphatic carbocycles. The Kier molecular flexibility index (Phi) is 10.5. The molecule has 45 heavy (non-hydrogen) atoms. The highest BCUT2D eigenvalue weighted by Gasteiger charge is 2.58. The summed E-state index contributed by atoms with van der Waals surface area (Å²) in [7, 11) is 0. The van der Waals surface area contributed by atoms with E-state index in [0.29, 0.717) is 13.2 Å². The molecule has 5 atom stereocenters. The van der Waals surface area contributed by atoms with Crippen LogP contribution in [0.4, 0.5) is 0 Å². The van der Waals surface area contributed by atoms with Crippen molar-refractivity contribution < 1.29 is 33.2 Å². The summed E-state index contributed by atoms with van der Waals surface area (Å²) in [5.41, 5.74) is 3.94. The lowest BCUT2D eigenvalue weighted by Crippen LogP contribution is -2.65. The number of benzene rings is 4. The highest BCUT2D eigenvalue weighted by atomic mass is 16.7. The maximum absolute atomic E-state index is 12.4. The van der Waals surface area contributed by atoms with Crippen molar-refractivity contribution in [2.45, 2.75) is 56.6 Å². The topological polar surface area (TPSA) is 79.5 Å². The Morgan fingerprint density at radius 1 is 0.533 bits per heavy atom. The first-order valence-electron chi connectivity index (χ1n) is 15.2. The van der Waals surface area contributed by atoms with Crippen LogP contribution in [0.3, 0.4) is 0 Å². The van der Waals surface area contributed by atoms with Gasteiger partial charge in [0.05, 0.1) is 39.3 Å². The number of aliphatic hydroxyl groups is 1. The fourth-order valence-electron chi connectivity index (χ4n) is 5.53. The zero-order valence-electron chi connectivity index (χ0n) is 25.0. The first-order chi connectivity index (χ1) is 22.2. The molecule has 1 N–H and O–H groups in total. The monoisotopic (exact) mass is 606 g/mol. The van der Waals surface area contributed by atoms with Gasteiger partial charge in [-0.1, -0.05) is 121 Å². The molecule has 7 heteroatoms. The number of rotatable bonds is 14. The van der Waals surface area contributed by atoms with E-state index in [2.05, 4.69) is 0 Å². The molecule has 1 aliphatic heterocycles. The van der Waals surface area contributed by atoms with Crippen LogP contribution in [-0.4, -0.2) is 36.1 Å². The molecule has 4 aromatic carbocycles. The van der Waals surface area contributed by atoms with Crippen molar-refractivity contribution in [3.63, 3.8) is 0 Å². The number of hydrogen-bond acceptors (Lipinski definition) is 7. The third-order valence-corrected chi connectivity index (χ3v) is 7.82. The highest BCUT2D eigenvalue weighted by Crippen LogP contribution is 2.41. The number of furan rings is 1. The molecule has 7 nitrogen and oxygen atoms in total. The van der Waals surface area contributed by atoms with Gasteiger partial charge < -0.3 is 33.2 Å². The van der Waals surface area contributed by atoms with E-state index in [1.807, 2.05) is 121 Å². The van der Waals surface area contributed by atoms with Crippen LogP contribution in [0, 0.1) is 0 Å². The van der Waals surface area contributed by atoms with Gasteiger partial charge in [0.1, 0.15) is 24.4 Å². The Hall–Kier alpha value is -4.08. The first kappa shape index (κ1) is 30.9. The molecule has 1 aromatic heterocycles. The van der Waals surface area contributed by atoms with Crippen molar-refractivity contribution in [2.75, 3.05) is 6.61 Å². The average Bonchev–Trinajstić information content (AvgIpc) is 3.65. The summed E-state index contributed by atoms with van der Waals surface area (Å²) >= 11 is 0. The molecule has 2 heterocycles. The van der Waals surface area contributed by atoms with Crippen LogP contribution in [0.2, 0.25) is 0 Å². The van der Waals surface area contributed by atoms with Crippen LogP contribution in [0.25, 0.3) is 0 Å². The minimum absolute atomic E-state index is 0.133. The fourth-order valence-corrected chi connectivity index (χ4v) is 5.53. The van der Waals surface area contributed by atoms with Gasteiger partial charge in [-0.2, -0.15) is 0 Å². The Bertz CT molecular complexity index is 1530. The lowest BCUT2D eigenvalue weighted by molar-refractivity contribution is -0.383. The van der Waals surface area contributed by atoms with Crippen LogP contribution < -0.4 is 0 Å². The SMILES string of the molecule is O[C@@]1(c2ccco2)O[C@H](COCc2ccccc2)[C@@H](OCc2ccccc2)[C@H](OCc2ccccc2)[C@H]1OCc1ccccc1. The van der Waals surface area contributed by atoms with E-state index in [1.165, 1.54) is 6.26 Å². The van der Waals surface area contributed by atoms with E-state index in [9.17, 15) is 5.11 Å². The van der Waals surface area contributed by atoms with E-state index < -0.39 is 30.2 Å². The third-order valence-electron chi connectivity index (χ3n) is 7.82. The van der Waals surface area contributed by atoms with Crippen LogP contribution >= 0.6 is 0 Å². The van der Waals surface area contributed by atoms with Gasteiger partial charge in [-0.15, -0.1) is 0 Å². The summed E-state index contributed by atoms with van der Waals surface area (Å²) in [6.07, 6.45) is -1.68. The smallest absolute Gasteiger partial charge is 0.256 e. The van der Waals surface area contributed by atoms with Crippen molar-refractivity contribution >= 4 is 0 Å².